The summed E-state index contributed by atoms with van der Waals surface area (Å²) in [5, 5.41) is 4.01. The van der Waals surface area contributed by atoms with Gasteiger partial charge in [-0.1, -0.05) is 30.2 Å². The summed E-state index contributed by atoms with van der Waals surface area (Å²) in [5.74, 6) is -3.67. The summed E-state index contributed by atoms with van der Waals surface area (Å²) in [6.07, 6.45) is 5.92. The van der Waals surface area contributed by atoms with Gasteiger partial charge in [0.1, 0.15) is 5.52 Å². The van der Waals surface area contributed by atoms with Crippen LogP contribution < -0.4 is 15.5 Å². The number of halogens is 5. The highest BCUT2D eigenvalue weighted by atomic mass is 35.5. The summed E-state index contributed by atoms with van der Waals surface area (Å²) in [6.45, 7) is 7.39. The number of nitrogens with zero attached hydrogens (tertiary/aromatic N) is 5. The fourth-order valence-electron chi connectivity index (χ4n) is 8.49. The van der Waals surface area contributed by atoms with Crippen LogP contribution in [0.4, 0.5) is 34.8 Å². The molecule has 9 nitrogen and oxygen atoms in total. The smallest absolute Gasteiger partial charge is 0.255 e. The van der Waals surface area contributed by atoms with Gasteiger partial charge in [-0.15, -0.1) is 0 Å². The van der Waals surface area contributed by atoms with Crippen LogP contribution in [-0.2, 0) is 10.2 Å². The van der Waals surface area contributed by atoms with Gasteiger partial charge in [0.15, 0.2) is 17.5 Å². The molecule has 4 aliphatic rings. The van der Waals surface area contributed by atoms with Crippen LogP contribution in [-0.4, -0.2) is 68.9 Å². The second-order valence-electron chi connectivity index (χ2n) is 15.2. The molecule has 274 valence electrons. The number of likely N-dealkylation sites (tertiary alicyclic amines) is 1. The van der Waals surface area contributed by atoms with Gasteiger partial charge in [-0.25, -0.2) is 27.5 Å². The summed E-state index contributed by atoms with van der Waals surface area (Å²) in [6, 6.07) is 8.74. The van der Waals surface area contributed by atoms with Crippen molar-refractivity contribution in [3.63, 3.8) is 0 Å². The highest BCUT2D eigenvalue weighted by Crippen LogP contribution is 2.60. The molecule has 2 saturated carbocycles. The number of pyridine rings is 1. The number of hydrogen-bond acceptors (Lipinski definition) is 6. The first kappa shape index (κ1) is 34.8. The van der Waals surface area contributed by atoms with E-state index in [1.807, 2.05) is 52.9 Å². The van der Waals surface area contributed by atoms with Crippen molar-refractivity contribution >= 4 is 51.6 Å². The predicted molar refractivity (Wildman–Crippen MR) is 192 cm³/mol. The summed E-state index contributed by atoms with van der Waals surface area (Å²) >= 11 is 5.97. The van der Waals surface area contributed by atoms with E-state index >= 15 is 8.78 Å². The van der Waals surface area contributed by atoms with Crippen molar-refractivity contribution in [3.8, 4) is 11.3 Å². The topological polar surface area (TPSA) is 95.4 Å². The maximum atomic E-state index is 15.4. The van der Waals surface area contributed by atoms with Crippen LogP contribution in [0.1, 0.15) is 87.7 Å². The fourth-order valence-corrected chi connectivity index (χ4v) is 8.71. The standard InChI is InChI=1S/C38H40ClF4N7O2/c1-20(2)49-19-45-27-15-25(46-34(33(27)49)47-26-14-23(30(39)32(43)31(26)42)35(51)44-18-29(40)41)21-7-8-24-28(13-21)50(36(52)38(24)9-10-38)22-16-37(3,17-22)48-11-5-4-6-12-48/h7-8,13-15,19-20,22,29H,4-6,9-12,16-18H2,1-3H3,(H,44,51)(H,46,47)/t22-,37+. The van der Waals surface area contributed by atoms with Gasteiger partial charge in [0.25, 0.3) is 12.3 Å². The minimum absolute atomic E-state index is 0.0741. The van der Waals surface area contributed by atoms with Gasteiger partial charge < -0.3 is 20.1 Å². The number of anilines is 3. The van der Waals surface area contributed by atoms with Crippen LogP contribution in [0.25, 0.3) is 22.3 Å². The average molecular weight is 738 g/mol. The Labute approximate surface area is 303 Å². The number of aromatic nitrogens is 3. The number of carbonyl (C=O) groups is 2. The maximum Gasteiger partial charge on any atom is 0.255 e. The molecule has 1 saturated heterocycles. The molecule has 1 spiro atoms. The molecule has 2 aromatic carbocycles. The Morgan fingerprint density at radius 2 is 1.79 bits per heavy atom. The molecule has 0 atom stereocenters. The molecule has 3 fully saturated rings. The molecule has 4 aromatic rings. The Morgan fingerprint density at radius 1 is 1.06 bits per heavy atom. The van der Waals surface area contributed by atoms with Gasteiger partial charge in [0.05, 0.1) is 45.8 Å². The molecule has 2 N–H and O–H groups in total. The lowest BCUT2D eigenvalue weighted by Gasteiger charge is -2.55. The first-order chi connectivity index (χ1) is 24.8. The van der Waals surface area contributed by atoms with Crippen LogP contribution in [0.2, 0.25) is 5.02 Å². The molecule has 8 rings (SSSR count). The average Bonchev–Trinajstić information content (AvgIpc) is 3.75. The van der Waals surface area contributed by atoms with Gasteiger partial charge in [-0.05, 0) is 96.1 Å². The Balaban J connectivity index is 1.17. The van der Waals surface area contributed by atoms with Crippen molar-refractivity contribution in [2.24, 2.45) is 0 Å². The number of piperidine rings is 1. The van der Waals surface area contributed by atoms with Crippen molar-refractivity contribution in [2.45, 2.75) is 95.2 Å². The molecule has 2 aliphatic carbocycles. The first-order valence-corrected chi connectivity index (χ1v) is 18.3. The van der Waals surface area contributed by atoms with Crippen LogP contribution in [0.3, 0.4) is 0 Å². The molecule has 2 amide bonds. The van der Waals surface area contributed by atoms with Crippen LogP contribution in [0, 0.1) is 11.6 Å². The normalized spacial score (nSPS) is 22.4. The van der Waals surface area contributed by atoms with Gasteiger partial charge >= 0.3 is 0 Å². The zero-order valence-electron chi connectivity index (χ0n) is 29.2. The van der Waals surface area contributed by atoms with Crippen molar-refractivity contribution < 1.29 is 27.2 Å². The second-order valence-corrected chi connectivity index (χ2v) is 15.6. The number of alkyl halides is 2. The summed E-state index contributed by atoms with van der Waals surface area (Å²) in [4.78, 5) is 40.9. The third kappa shape index (κ3) is 5.62. The lowest BCUT2D eigenvalue weighted by molar-refractivity contribution is -0.122. The highest BCUT2D eigenvalue weighted by Gasteiger charge is 2.62. The number of amides is 2. The number of rotatable bonds is 9. The minimum atomic E-state index is -2.85. The second kappa shape index (κ2) is 12.7. The molecule has 14 heteroatoms. The zero-order chi connectivity index (χ0) is 36.7. The summed E-state index contributed by atoms with van der Waals surface area (Å²) in [5.41, 5.74) is 2.76. The van der Waals surface area contributed by atoms with Crippen molar-refractivity contribution in [1.29, 1.82) is 0 Å². The van der Waals surface area contributed by atoms with E-state index in [1.54, 1.807) is 6.33 Å². The number of carbonyl (C=O) groups excluding carboxylic acids is 2. The van der Waals surface area contributed by atoms with E-state index in [2.05, 4.69) is 22.1 Å². The Kier molecular flexibility index (Phi) is 8.52. The molecular weight excluding hydrogens is 698 g/mol. The lowest BCUT2D eigenvalue weighted by Crippen LogP contribution is -2.63. The third-order valence-electron chi connectivity index (χ3n) is 11.5. The third-order valence-corrected chi connectivity index (χ3v) is 11.8. The monoisotopic (exact) mass is 737 g/mol. The van der Waals surface area contributed by atoms with Crippen molar-refractivity contribution in [2.75, 3.05) is 29.9 Å². The maximum absolute atomic E-state index is 15.4. The Bertz CT molecular complexity index is 2100. The van der Waals surface area contributed by atoms with E-state index in [9.17, 15) is 18.4 Å². The molecule has 0 bridgehead atoms. The Morgan fingerprint density at radius 3 is 2.46 bits per heavy atom. The van der Waals surface area contributed by atoms with Crippen LogP contribution in [0.15, 0.2) is 36.7 Å². The summed E-state index contributed by atoms with van der Waals surface area (Å²) < 4.78 is 58.0. The van der Waals surface area contributed by atoms with E-state index in [1.165, 1.54) is 19.3 Å². The van der Waals surface area contributed by atoms with Gasteiger partial charge in [-0.2, -0.15) is 0 Å². The fraction of sp³-hybridized carbons (Fsp3) is 0.474. The first-order valence-electron chi connectivity index (χ1n) is 17.9. The number of benzene rings is 2. The van der Waals surface area contributed by atoms with Gasteiger partial charge in [0, 0.05) is 28.9 Å². The van der Waals surface area contributed by atoms with E-state index in [-0.39, 0.29) is 29.3 Å². The summed E-state index contributed by atoms with van der Waals surface area (Å²) in [7, 11) is 0. The zero-order valence-corrected chi connectivity index (χ0v) is 30.0. The number of imidazole rings is 1. The highest BCUT2D eigenvalue weighted by molar-refractivity contribution is 6.34. The van der Waals surface area contributed by atoms with Gasteiger partial charge in [0.2, 0.25) is 5.91 Å². The van der Waals surface area contributed by atoms with E-state index < -0.39 is 52.2 Å². The number of nitrogens with one attached hydrogen (secondary N) is 2. The molecule has 2 aromatic heterocycles. The predicted octanol–water partition coefficient (Wildman–Crippen LogP) is 8.13. The number of hydrogen-bond donors (Lipinski definition) is 2. The van der Waals surface area contributed by atoms with E-state index in [0.29, 0.717) is 22.3 Å². The van der Waals surface area contributed by atoms with Gasteiger partial charge in [-0.3, -0.25) is 14.5 Å². The molecular formula is C38H40ClF4N7O2. The SMILES string of the molecule is CC(C)n1cnc2cc(-c3ccc4c(c3)N([C@H]3C[C@@](C)(N5CCCCC5)C3)C(=O)C43CC3)nc(Nc3cc(C(=O)NCC(F)F)c(Cl)c(F)c3F)c21. The van der Waals surface area contributed by atoms with E-state index in [4.69, 9.17) is 16.6 Å². The van der Waals surface area contributed by atoms with E-state index in [0.717, 1.165) is 56.1 Å². The Hall–Kier alpha value is -4.23. The van der Waals surface area contributed by atoms with Crippen molar-refractivity contribution in [1.82, 2.24) is 24.8 Å². The minimum Gasteiger partial charge on any atom is -0.346 e. The quantitative estimate of drug-likeness (QED) is 0.133. The molecule has 0 unspecified atom stereocenters. The molecule has 0 radical (unpaired) electrons. The molecule has 52 heavy (non-hydrogen) atoms. The van der Waals surface area contributed by atoms with Crippen molar-refractivity contribution in [3.05, 3.63) is 64.4 Å². The van der Waals surface area contributed by atoms with Crippen LogP contribution >= 0.6 is 11.6 Å². The van der Waals surface area contributed by atoms with Crippen LogP contribution in [0.5, 0.6) is 0 Å². The molecule has 2 aliphatic heterocycles. The largest absolute Gasteiger partial charge is 0.346 e. The number of fused-ring (bicyclic) bond motifs is 3. The molecule has 4 heterocycles. The lowest BCUT2D eigenvalue weighted by atomic mass is 9.71.